The molecule has 2 heterocycles. The van der Waals surface area contributed by atoms with Gasteiger partial charge in [-0.05, 0) is 46.9 Å². The van der Waals surface area contributed by atoms with Gasteiger partial charge in [0.15, 0.2) is 11.6 Å². The third-order valence-corrected chi connectivity index (χ3v) is 9.07. The molecule has 2 nitrogen and oxygen atoms in total. The monoisotopic (exact) mass is 432 g/mol. The molecule has 0 saturated heterocycles. The second kappa shape index (κ2) is 5.92. The zero-order valence-electron chi connectivity index (χ0n) is 17.8. The molecule has 0 bridgehead atoms. The maximum absolute atomic E-state index is 13.2. The Kier molecular flexibility index (Phi) is 3.74. The van der Waals surface area contributed by atoms with Crippen molar-refractivity contribution in [3.8, 4) is 0 Å². The minimum atomic E-state index is 0.0156. The van der Waals surface area contributed by atoms with Crippen LogP contribution in [-0.2, 0) is 9.59 Å². The van der Waals surface area contributed by atoms with E-state index in [0.717, 1.165) is 35.1 Å². The third-order valence-electron chi connectivity index (χ3n) is 6.76. The van der Waals surface area contributed by atoms with Gasteiger partial charge in [0.2, 0.25) is 0 Å². The number of hydrogen-bond acceptors (Lipinski definition) is 4. The number of ketones is 2. The van der Waals surface area contributed by atoms with Gasteiger partial charge in [0, 0.05) is 54.4 Å². The van der Waals surface area contributed by atoms with Crippen LogP contribution in [0.25, 0.3) is 21.9 Å². The average Bonchev–Trinajstić information content (AvgIpc) is 2.62. The predicted molar refractivity (Wildman–Crippen MR) is 126 cm³/mol. The highest BCUT2D eigenvalue weighted by molar-refractivity contribution is 8.04. The maximum Gasteiger partial charge on any atom is 0.164 e. The largest absolute Gasteiger partial charge is 0.294 e. The third kappa shape index (κ3) is 2.59. The Labute approximate surface area is 185 Å². The summed E-state index contributed by atoms with van der Waals surface area (Å²) in [6, 6.07) is 8.67. The van der Waals surface area contributed by atoms with Crippen molar-refractivity contribution in [3.63, 3.8) is 0 Å². The number of benzene rings is 2. The molecule has 4 aliphatic rings. The number of carbonyl (C=O) groups excluding carboxylic acids is 2. The Balaban J connectivity index is 1.62. The fraction of sp³-hybridized carbons (Fsp3) is 0.385. The Morgan fingerprint density at radius 3 is 1.43 bits per heavy atom. The first-order valence-electron chi connectivity index (χ1n) is 10.6. The van der Waals surface area contributed by atoms with E-state index in [1.54, 1.807) is 23.5 Å². The van der Waals surface area contributed by atoms with Crippen LogP contribution in [0.15, 0.2) is 43.9 Å². The first kappa shape index (κ1) is 18.9. The Hall–Kier alpha value is -1.78. The van der Waals surface area contributed by atoms with Gasteiger partial charge in [-0.2, -0.15) is 0 Å². The summed E-state index contributed by atoms with van der Waals surface area (Å²) in [6.07, 6.45) is 3.09. The summed E-state index contributed by atoms with van der Waals surface area (Å²) in [5.74, 6) is 0.526. The average molecular weight is 433 g/mol. The molecule has 2 aliphatic carbocycles. The van der Waals surface area contributed by atoms with Crippen molar-refractivity contribution >= 4 is 57.0 Å². The van der Waals surface area contributed by atoms with Crippen molar-refractivity contribution in [2.24, 2.45) is 10.8 Å². The molecular weight excluding hydrogens is 408 g/mol. The van der Waals surface area contributed by atoms with E-state index >= 15 is 0 Å². The van der Waals surface area contributed by atoms with Gasteiger partial charge in [-0.1, -0.05) is 63.4 Å². The van der Waals surface area contributed by atoms with Crippen molar-refractivity contribution in [1.82, 2.24) is 0 Å². The number of allylic oxidation sites excluding steroid dienone is 4. The number of thioether (sulfide) groups is 2. The lowest BCUT2D eigenvalue weighted by molar-refractivity contribution is -0.116. The predicted octanol–water partition coefficient (Wildman–Crippen LogP) is 7.25. The molecule has 0 amide bonds. The van der Waals surface area contributed by atoms with Crippen LogP contribution in [0.1, 0.15) is 64.5 Å². The van der Waals surface area contributed by atoms with Crippen LogP contribution in [0, 0.1) is 10.8 Å². The van der Waals surface area contributed by atoms with Gasteiger partial charge in [-0.3, -0.25) is 9.59 Å². The lowest BCUT2D eigenvalue weighted by Gasteiger charge is -2.37. The zero-order valence-corrected chi connectivity index (χ0v) is 19.4. The molecule has 4 heteroatoms. The smallest absolute Gasteiger partial charge is 0.164 e. The van der Waals surface area contributed by atoms with Gasteiger partial charge >= 0.3 is 0 Å². The minimum Gasteiger partial charge on any atom is -0.294 e. The number of hydrogen-bond donors (Lipinski definition) is 0. The Morgan fingerprint density at radius 2 is 1.03 bits per heavy atom. The highest BCUT2D eigenvalue weighted by Crippen LogP contribution is 2.58. The second-order valence-corrected chi connectivity index (χ2v) is 12.9. The molecule has 30 heavy (non-hydrogen) atoms. The molecule has 6 rings (SSSR count). The highest BCUT2D eigenvalue weighted by Gasteiger charge is 2.40. The quantitative estimate of drug-likeness (QED) is 0.439. The van der Waals surface area contributed by atoms with Crippen molar-refractivity contribution < 1.29 is 9.59 Å². The summed E-state index contributed by atoms with van der Waals surface area (Å²) in [6.45, 7) is 8.74. The van der Waals surface area contributed by atoms with Gasteiger partial charge < -0.3 is 0 Å². The summed E-state index contributed by atoms with van der Waals surface area (Å²) < 4.78 is 0. The lowest BCUT2D eigenvalue weighted by Crippen LogP contribution is -2.26. The van der Waals surface area contributed by atoms with E-state index in [2.05, 4.69) is 52.0 Å². The summed E-state index contributed by atoms with van der Waals surface area (Å²) in [5.41, 5.74) is 4.04. The van der Waals surface area contributed by atoms with Crippen molar-refractivity contribution in [2.75, 3.05) is 0 Å². The van der Waals surface area contributed by atoms with Crippen LogP contribution in [-0.4, -0.2) is 11.6 Å². The molecular formula is C26H24O2S2. The summed E-state index contributed by atoms with van der Waals surface area (Å²) in [7, 11) is 0. The number of rotatable bonds is 0. The normalized spacial score (nSPS) is 23.6. The van der Waals surface area contributed by atoms with Crippen LogP contribution >= 0.6 is 23.5 Å². The van der Waals surface area contributed by atoms with E-state index in [1.807, 2.05) is 0 Å². The molecule has 0 saturated carbocycles. The number of Topliss-reactive ketones (excluding diaryl/α,β-unsaturated/α-hetero) is 2. The van der Waals surface area contributed by atoms with Gasteiger partial charge in [0.25, 0.3) is 0 Å². The highest BCUT2D eigenvalue weighted by atomic mass is 32.2. The number of fused-ring (bicyclic) bond motifs is 2. The van der Waals surface area contributed by atoms with E-state index < -0.39 is 0 Å². The maximum atomic E-state index is 13.2. The lowest BCUT2D eigenvalue weighted by atomic mass is 9.74. The van der Waals surface area contributed by atoms with Crippen molar-refractivity contribution in [1.29, 1.82) is 0 Å². The van der Waals surface area contributed by atoms with E-state index in [9.17, 15) is 9.59 Å². The second-order valence-electron chi connectivity index (χ2n) is 10.7. The van der Waals surface area contributed by atoms with Crippen LogP contribution in [0.5, 0.6) is 0 Å². The molecule has 0 N–H and O–H groups in total. The molecule has 0 fully saturated rings. The first-order chi connectivity index (χ1) is 14.1. The Morgan fingerprint density at radius 1 is 0.633 bits per heavy atom. The molecule has 2 aromatic carbocycles. The van der Waals surface area contributed by atoms with E-state index in [-0.39, 0.29) is 22.4 Å². The van der Waals surface area contributed by atoms with Crippen molar-refractivity contribution in [3.05, 3.63) is 45.2 Å². The summed E-state index contributed by atoms with van der Waals surface area (Å²) in [5, 5.41) is 2.36. The SMILES string of the molecule is CC1(C)CC(=O)C2=C(C1)Sc1ccc3c4c(ccc2c14)SC1=C3C(=O)CC(C)(C)C1. The summed E-state index contributed by atoms with van der Waals surface area (Å²) >= 11 is 3.54. The fourth-order valence-electron chi connectivity index (χ4n) is 5.59. The molecule has 2 aliphatic heterocycles. The van der Waals surface area contributed by atoms with Crippen LogP contribution in [0.3, 0.4) is 0 Å². The molecule has 0 spiro atoms. The van der Waals surface area contributed by atoms with Crippen LogP contribution < -0.4 is 0 Å². The standard InChI is InChI=1S/C26H24O2S2/c1-25(2)9-15(27)21-13-5-8-18-24-14(6-7-17(23(13)24)29-19(21)11-25)22-16(28)10-26(3,4)12-20(22)30-18/h5-8H,9-12H2,1-4H3. The number of carbonyl (C=O) groups is 2. The topological polar surface area (TPSA) is 34.1 Å². The molecule has 0 atom stereocenters. The van der Waals surface area contributed by atoms with Gasteiger partial charge in [-0.15, -0.1) is 0 Å². The molecule has 0 unspecified atom stereocenters. The molecule has 152 valence electrons. The van der Waals surface area contributed by atoms with Crippen molar-refractivity contribution in [2.45, 2.75) is 63.2 Å². The minimum absolute atomic E-state index is 0.0156. The van der Waals surface area contributed by atoms with E-state index in [4.69, 9.17) is 0 Å². The van der Waals surface area contributed by atoms with Gasteiger partial charge in [0.05, 0.1) is 0 Å². The summed E-state index contributed by atoms with van der Waals surface area (Å²) in [4.78, 5) is 31.2. The first-order valence-corrected chi connectivity index (χ1v) is 12.3. The fourth-order valence-corrected chi connectivity index (χ4v) is 8.60. The van der Waals surface area contributed by atoms with Gasteiger partial charge in [-0.25, -0.2) is 0 Å². The molecule has 0 radical (unpaired) electrons. The van der Waals surface area contributed by atoms with Crippen LogP contribution in [0.2, 0.25) is 0 Å². The Bertz CT molecular complexity index is 1170. The van der Waals surface area contributed by atoms with E-state index in [0.29, 0.717) is 12.8 Å². The molecule has 0 aromatic heterocycles. The zero-order chi connectivity index (χ0) is 21.0. The van der Waals surface area contributed by atoms with Crippen LogP contribution in [0.4, 0.5) is 0 Å². The molecule has 2 aromatic rings. The van der Waals surface area contributed by atoms with Gasteiger partial charge in [0.1, 0.15) is 0 Å². The van der Waals surface area contributed by atoms with E-state index in [1.165, 1.54) is 30.4 Å².